The number of rotatable bonds is 3. The Bertz CT molecular complexity index is 729. The molecule has 3 aromatic rings. The molecule has 0 amide bonds. The van der Waals surface area contributed by atoms with Crippen LogP contribution in [0.4, 0.5) is 0 Å². The van der Waals surface area contributed by atoms with Gasteiger partial charge in [0.1, 0.15) is 24.3 Å². The van der Waals surface area contributed by atoms with E-state index >= 15 is 0 Å². The maximum atomic E-state index is 4.49. The van der Waals surface area contributed by atoms with Crippen LogP contribution in [0.15, 0.2) is 43.0 Å². The molecular formula is C15H16N6. The Hall–Kier alpha value is -2.50. The van der Waals surface area contributed by atoms with Gasteiger partial charge in [-0.05, 0) is 12.0 Å². The molecule has 6 nitrogen and oxygen atoms in total. The minimum Gasteiger partial charge on any atom is -0.250 e. The highest BCUT2D eigenvalue weighted by Crippen LogP contribution is 2.26. The van der Waals surface area contributed by atoms with Crippen molar-refractivity contribution in [2.45, 2.75) is 31.8 Å². The van der Waals surface area contributed by atoms with Gasteiger partial charge in [0, 0.05) is 18.9 Å². The van der Waals surface area contributed by atoms with Gasteiger partial charge in [-0.2, -0.15) is 10.2 Å². The molecule has 0 fully saturated rings. The SMILES string of the molecule is c1ccc(Cn2ncnc2C2CCn3ncnc3C2)cc1. The highest BCUT2D eigenvalue weighted by molar-refractivity contribution is 5.16. The monoisotopic (exact) mass is 280 g/mol. The Balaban J connectivity index is 1.58. The second-order valence-electron chi connectivity index (χ2n) is 5.35. The molecule has 106 valence electrons. The average Bonchev–Trinajstić information content (AvgIpc) is 3.16. The van der Waals surface area contributed by atoms with Crippen molar-refractivity contribution in [1.82, 2.24) is 29.5 Å². The van der Waals surface area contributed by atoms with Crippen LogP contribution < -0.4 is 0 Å². The van der Waals surface area contributed by atoms with E-state index in [1.807, 2.05) is 15.4 Å². The lowest BCUT2D eigenvalue weighted by molar-refractivity contribution is 0.409. The van der Waals surface area contributed by atoms with E-state index in [1.54, 1.807) is 12.7 Å². The summed E-state index contributed by atoms with van der Waals surface area (Å²) in [4.78, 5) is 8.81. The van der Waals surface area contributed by atoms with Gasteiger partial charge < -0.3 is 0 Å². The van der Waals surface area contributed by atoms with E-state index in [0.29, 0.717) is 5.92 Å². The van der Waals surface area contributed by atoms with Crippen molar-refractivity contribution < 1.29 is 0 Å². The molecule has 1 aromatic carbocycles. The summed E-state index contributed by atoms with van der Waals surface area (Å²) in [7, 11) is 0. The molecule has 1 atom stereocenters. The maximum absolute atomic E-state index is 4.49. The summed E-state index contributed by atoms with van der Waals surface area (Å²) in [5, 5.41) is 8.62. The number of hydrogen-bond donors (Lipinski definition) is 0. The smallest absolute Gasteiger partial charge is 0.138 e. The first-order chi connectivity index (χ1) is 10.4. The maximum Gasteiger partial charge on any atom is 0.138 e. The van der Waals surface area contributed by atoms with Crippen molar-refractivity contribution in [1.29, 1.82) is 0 Å². The Morgan fingerprint density at radius 3 is 2.81 bits per heavy atom. The topological polar surface area (TPSA) is 61.4 Å². The molecule has 4 rings (SSSR count). The number of aromatic nitrogens is 6. The highest BCUT2D eigenvalue weighted by Gasteiger charge is 2.25. The first-order valence-electron chi connectivity index (χ1n) is 7.18. The molecule has 0 radical (unpaired) electrons. The Labute approximate surface area is 122 Å². The van der Waals surface area contributed by atoms with Crippen LogP contribution in [0.3, 0.4) is 0 Å². The number of benzene rings is 1. The fraction of sp³-hybridized carbons (Fsp3) is 0.333. The molecule has 6 heteroatoms. The lowest BCUT2D eigenvalue weighted by Crippen LogP contribution is -2.22. The van der Waals surface area contributed by atoms with Gasteiger partial charge in [0.05, 0.1) is 6.54 Å². The average molecular weight is 280 g/mol. The lowest BCUT2D eigenvalue weighted by Gasteiger charge is -2.22. The van der Waals surface area contributed by atoms with Gasteiger partial charge in [0.2, 0.25) is 0 Å². The van der Waals surface area contributed by atoms with Crippen LogP contribution in [0.2, 0.25) is 0 Å². The lowest BCUT2D eigenvalue weighted by atomic mass is 9.97. The van der Waals surface area contributed by atoms with Crippen molar-refractivity contribution in [2.75, 3.05) is 0 Å². The van der Waals surface area contributed by atoms with Crippen LogP contribution in [-0.2, 0) is 19.5 Å². The molecule has 0 spiro atoms. The zero-order valence-corrected chi connectivity index (χ0v) is 11.6. The van der Waals surface area contributed by atoms with Crippen molar-refractivity contribution in [3.8, 4) is 0 Å². The van der Waals surface area contributed by atoms with Gasteiger partial charge in [-0.25, -0.2) is 14.6 Å². The van der Waals surface area contributed by atoms with E-state index in [1.165, 1.54) is 5.56 Å². The molecule has 0 saturated carbocycles. The van der Waals surface area contributed by atoms with Gasteiger partial charge >= 0.3 is 0 Å². The minimum atomic E-state index is 0.368. The molecule has 1 aliphatic heterocycles. The first kappa shape index (κ1) is 12.3. The van der Waals surface area contributed by atoms with Crippen molar-refractivity contribution in [3.63, 3.8) is 0 Å². The zero-order chi connectivity index (χ0) is 14.1. The molecule has 1 aliphatic rings. The summed E-state index contributed by atoms with van der Waals surface area (Å²) >= 11 is 0. The van der Waals surface area contributed by atoms with Gasteiger partial charge in [0.25, 0.3) is 0 Å². The van der Waals surface area contributed by atoms with E-state index in [0.717, 1.165) is 37.6 Å². The molecule has 1 unspecified atom stereocenters. The van der Waals surface area contributed by atoms with Gasteiger partial charge in [-0.3, -0.25) is 4.68 Å². The normalized spacial score (nSPS) is 17.6. The van der Waals surface area contributed by atoms with Crippen molar-refractivity contribution in [2.24, 2.45) is 0 Å². The predicted molar refractivity (Wildman–Crippen MR) is 76.7 cm³/mol. The van der Waals surface area contributed by atoms with Crippen molar-refractivity contribution in [3.05, 3.63) is 60.2 Å². The van der Waals surface area contributed by atoms with Crippen LogP contribution in [-0.4, -0.2) is 29.5 Å². The first-order valence-corrected chi connectivity index (χ1v) is 7.18. The Kier molecular flexibility index (Phi) is 2.99. The van der Waals surface area contributed by atoms with Gasteiger partial charge in [0.15, 0.2) is 0 Å². The summed E-state index contributed by atoms with van der Waals surface area (Å²) in [5.74, 6) is 2.46. The summed E-state index contributed by atoms with van der Waals surface area (Å²) in [6, 6.07) is 10.4. The molecule has 0 saturated heterocycles. The standard InChI is InChI=1S/C15H16N6/c1-2-4-12(5-3-1)9-21-15(17-11-19-21)13-6-7-20-14(8-13)16-10-18-20/h1-5,10-11,13H,6-9H2. The quantitative estimate of drug-likeness (QED) is 0.732. The second kappa shape index (κ2) is 5.12. The second-order valence-corrected chi connectivity index (χ2v) is 5.35. The third-order valence-electron chi connectivity index (χ3n) is 4.00. The van der Waals surface area contributed by atoms with Crippen LogP contribution in [0.1, 0.15) is 29.6 Å². The summed E-state index contributed by atoms with van der Waals surface area (Å²) < 4.78 is 3.99. The summed E-state index contributed by atoms with van der Waals surface area (Å²) in [6.07, 6.45) is 5.20. The number of hydrogen-bond acceptors (Lipinski definition) is 4. The van der Waals surface area contributed by atoms with Crippen LogP contribution in [0, 0.1) is 0 Å². The molecule has 0 N–H and O–H groups in total. The zero-order valence-electron chi connectivity index (χ0n) is 11.6. The molecule has 21 heavy (non-hydrogen) atoms. The van der Waals surface area contributed by atoms with E-state index in [2.05, 4.69) is 44.4 Å². The van der Waals surface area contributed by atoms with E-state index in [9.17, 15) is 0 Å². The fourth-order valence-electron chi connectivity index (χ4n) is 2.92. The third kappa shape index (κ3) is 2.33. The van der Waals surface area contributed by atoms with E-state index < -0.39 is 0 Å². The van der Waals surface area contributed by atoms with Gasteiger partial charge in [-0.15, -0.1) is 0 Å². The fourth-order valence-corrected chi connectivity index (χ4v) is 2.92. The molecule has 3 heterocycles. The Morgan fingerprint density at radius 1 is 1.05 bits per heavy atom. The van der Waals surface area contributed by atoms with Gasteiger partial charge in [-0.1, -0.05) is 30.3 Å². The van der Waals surface area contributed by atoms with Crippen LogP contribution in [0.5, 0.6) is 0 Å². The number of fused-ring (bicyclic) bond motifs is 1. The van der Waals surface area contributed by atoms with E-state index in [-0.39, 0.29) is 0 Å². The van der Waals surface area contributed by atoms with Crippen LogP contribution >= 0.6 is 0 Å². The molecular weight excluding hydrogens is 264 g/mol. The molecule has 0 aliphatic carbocycles. The predicted octanol–water partition coefficient (Wildman–Crippen LogP) is 1.65. The number of nitrogens with zero attached hydrogens (tertiary/aromatic N) is 6. The van der Waals surface area contributed by atoms with Crippen molar-refractivity contribution >= 4 is 0 Å². The molecule has 2 aromatic heterocycles. The third-order valence-corrected chi connectivity index (χ3v) is 4.00. The largest absolute Gasteiger partial charge is 0.250 e. The highest BCUT2D eigenvalue weighted by atomic mass is 15.4. The summed E-state index contributed by atoms with van der Waals surface area (Å²) in [5.41, 5.74) is 1.24. The van der Waals surface area contributed by atoms with E-state index in [4.69, 9.17) is 0 Å². The Morgan fingerprint density at radius 2 is 1.90 bits per heavy atom. The summed E-state index contributed by atoms with van der Waals surface area (Å²) in [6.45, 7) is 1.66. The van der Waals surface area contributed by atoms with Crippen LogP contribution in [0.25, 0.3) is 0 Å². The minimum absolute atomic E-state index is 0.368. The number of aryl methyl sites for hydroxylation is 1. The molecule has 0 bridgehead atoms.